The molecule has 0 radical (unpaired) electrons. The highest BCUT2D eigenvalue weighted by Crippen LogP contribution is 2.36. The van der Waals surface area contributed by atoms with Crippen molar-refractivity contribution in [2.24, 2.45) is 0 Å². The molecule has 0 amide bonds. The molecular weight excluding hydrogens is 369 g/mol. The van der Waals surface area contributed by atoms with Crippen molar-refractivity contribution in [3.63, 3.8) is 0 Å². The van der Waals surface area contributed by atoms with Gasteiger partial charge in [-0.15, -0.1) is 0 Å². The van der Waals surface area contributed by atoms with E-state index in [1.807, 2.05) is 48.5 Å². The summed E-state index contributed by atoms with van der Waals surface area (Å²) in [6, 6.07) is 16.7. The fourth-order valence-corrected chi connectivity index (χ4v) is 3.10. The van der Waals surface area contributed by atoms with Crippen LogP contribution >= 0.6 is 23.2 Å². The standard InChI is InChI=1S/C21H17Cl2NO2/c1-3-26-21(25)17-12-18(16-6-4-5-7-19(16)23)20(24-13(17)2)14-8-10-15(22)11-9-14/h4-12H,3H2,1-2H3. The largest absolute Gasteiger partial charge is 0.462 e. The summed E-state index contributed by atoms with van der Waals surface area (Å²) < 4.78 is 5.16. The van der Waals surface area contributed by atoms with E-state index in [-0.39, 0.29) is 0 Å². The van der Waals surface area contributed by atoms with Crippen LogP contribution in [0.4, 0.5) is 0 Å². The Labute approximate surface area is 162 Å². The fraction of sp³-hybridized carbons (Fsp3) is 0.143. The number of hydrogen-bond donors (Lipinski definition) is 0. The van der Waals surface area contributed by atoms with Gasteiger partial charge < -0.3 is 4.74 Å². The van der Waals surface area contributed by atoms with Crippen LogP contribution in [0.2, 0.25) is 10.0 Å². The van der Waals surface area contributed by atoms with Gasteiger partial charge in [-0.05, 0) is 38.1 Å². The number of carbonyl (C=O) groups is 1. The minimum Gasteiger partial charge on any atom is -0.462 e. The minimum atomic E-state index is -0.395. The van der Waals surface area contributed by atoms with Crippen molar-refractivity contribution < 1.29 is 9.53 Å². The SMILES string of the molecule is CCOC(=O)c1cc(-c2ccccc2Cl)c(-c2ccc(Cl)cc2)nc1C. The molecule has 0 N–H and O–H groups in total. The number of halogens is 2. The Balaban J connectivity index is 2.26. The Kier molecular flexibility index (Phi) is 5.60. The summed E-state index contributed by atoms with van der Waals surface area (Å²) in [6.07, 6.45) is 0. The Morgan fingerprint density at radius 2 is 1.73 bits per heavy atom. The lowest BCUT2D eigenvalue weighted by atomic mass is 9.96. The van der Waals surface area contributed by atoms with Crippen LogP contribution in [0.15, 0.2) is 54.6 Å². The van der Waals surface area contributed by atoms with Crippen molar-refractivity contribution in [2.45, 2.75) is 13.8 Å². The van der Waals surface area contributed by atoms with Crippen molar-refractivity contribution in [2.75, 3.05) is 6.61 Å². The van der Waals surface area contributed by atoms with E-state index in [0.717, 1.165) is 22.4 Å². The van der Waals surface area contributed by atoms with Gasteiger partial charge in [-0.2, -0.15) is 0 Å². The molecule has 0 saturated heterocycles. The molecule has 1 heterocycles. The third-order valence-electron chi connectivity index (χ3n) is 3.99. The zero-order chi connectivity index (χ0) is 18.7. The number of hydrogen-bond acceptors (Lipinski definition) is 3. The Morgan fingerprint density at radius 3 is 2.38 bits per heavy atom. The number of aromatic nitrogens is 1. The highest BCUT2D eigenvalue weighted by atomic mass is 35.5. The van der Waals surface area contributed by atoms with Gasteiger partial charge in [-0.1, -0.05) is 53.5 Å². The maximum atomic E-state index is 12.3. The number of nitrogens with zero attached hydrogens (tertiary/aromatic N) is 1. The topological polar surface area (TPSA) is 39.2 Å². The van der Waals surface area contributed by atoms with Crippen LogP contribution in [0.1, 0.15) is 23.0 Å². The summed E-state index contributed by atoms with van der Waals surface area (Å²) in [7, 11) is 0. The molecule has 3 rings (SSSR count). The van der Waals surface area contributed by atoms with E-state index in [1.165, 1.54) is 0 Å². The van der Waals surface area contributed by atoms with Gasteiger partial charge in [-0.3, -0.25) is 4.98 Å². The normalized spacial score (nSPS) is 10.6. The van der Waals surface area contributed by atoms with Crippen molar-refractivity contribution >= 4 is 29.2 Å². The third kappa shape index (κ3) is 3.74. The summed E-state index contributed by atoms with van der Waals surface area (Å²) in [6.45, 7) is 3.87. The third-order valence-corrected chi connectivity index (χ3v) is 4.57. The lowest BCUT2D eigenvalue weighted by Gasteiger charge is -2.15. The lowest BCUT2D eigenvalue weighted by molar-refractivity contribution is 0.0525. The van der Waals surface area contributed by atoms with Gasteiger partial charge >= 0.3 is 5.97 Å². The molecule has 0 fully saturated rings. The average Bonchev–Trinajstić information content (AvgIpc) is 2.63. The van der Waals surface area contributed by atoms with Gasteiger partial charge in [0.2, 0.25) is 0 Å². The van der Waals surface area contributed by atoms with E-state index in [1.54, 1.807) is 19.9 Å². The van der Waals surface area contributed by atoms with E-state index in [0.29, 0.717) is 27.9 Å². The van der Waals surface area contributed by atoms with Crippen LogP contribution in [0, 0.1) is 6.92 Å². The zero-order valence-electron chi connectivity index (χ0n) is 14.4. The van der Waals surface area contributed by atoms with Crippen LogP contribution in [0.3, 0.4) is 0 Å². The van der Waals surface area contributed by atoms with E-state index in [4.69, 9.17) is 32.9 Å². The van der Waals surface area contributed by atoms with Gasteiger partial charge in [0.25, 0.3) is 0 Å². The van der Waals surface area contributed by atoms with Crippen molar-refractivity contribution in [1.29, 1.82) is 0 Å². The molecule has 0 aliphatic rings. The summed E-state index contributed by atoms with van der Waals surface area (Å²) in [5.41, 5.74) is 4.23. The second-order valence-electron chi connectivity index (χ2n) is 5.72. The van der Waals surface area contributed by atoms with Crippen molar-refractivity contribution in [3.05, 3.63) is 75.9 Å². The van der Waals surface area contributed by atoms with Crippen molar-refractivity contribution in [1.82, 2.24) is 4.98 Å². The number of pyridine rings is 1. The smallest absolute Gasteiger partial charge is 0.339 e. The van der Waals surface area contributed by atoms with Gasteiger partial charge in [0, 0.05) is 26.7 Å². The van der Waals surface area contributed by atoms with Crippen LogP contribution in [0.25, 0.3) is 22.4 Å². The molecule has 0 saturated carbocycles. The van der Waals surface area contributed by atoms with Crippen molar-refractivity contribution in [3.8, 4) is 22.4 Å². The Morgan fingerprint density at radius 1 is 1.04 bits per heavy atom. The first kappa shape index (κ1) is 18.4. The molecule has 0 atom stereocenters. The molecule has 0 spiro atoms. The van der Waals surface area contributed by atoms with Gasteiger partial charge in [0.1, 0.15) is 0 Å². The summed E-state index contributed by atoms with van der Waals surface area (Å²) in [5.74, 6) is -0.395. The molecular formula is C21H17Cl2NO2. The molecule has 26 heavy (non-hydrogen) atoms. The minimum absolute atomic E-state index is 0.304. The average molecular weight is 386 g/mol. The van der Waals surface area contributed by atoms with Crippen LogP contribution in [0.5, 0.6) is 0 Å². The monoisotopic (exact) mass is 385 g/mol. The number of carbonyl (C=O) groups excluding carboxylic acids is 1. The molecule has 3 nitrogen and oxygen atoms in total. The van der Waals surface area contributed by atoms with Crippen LogP contribution < -0.4 is 0 Å². The molecule has 0 bridgehead atoms. The van der Waals surface area contributed by atoms with Gasteiger partial charge in [0.15, 0.2) is 0 Å². The summed E-state index contributed by atoms with van der Waals surface area (Å²) in [5, 5.41) is 1.23. The predicted molar refractivity (Wildman–Crippen MR) is 106 cm³/mol. The quantitative estimate of drug-likeness (QED) is 0.501. The maximum absolute atomic E-state index is 12.3. The predicted octanol–water partition coefficient (Wildman–Crippen LogP) is 6.21. The molecule has 3 aromatic rings. The lowest BCUT2D eigenvalue weighted by Crippen LogP contribution is -2.09. The fourth-order valence-electron chi connectivity index (χ4n) is 2.73. The van der Waals surface area contributed by atoms with E-state index < -0.39 is 5.97 Å². The maximum Gasteiger partial charge on any atom is 0.339 e. The molecule has 5 heteroatoms. The van der Waals surface area contributed by atoms with E-state index in [2.05, 4.69) is 0 Å². The first-order chi connectivity index (χ1) is 12.5. The second-order valence-corrected chi connectivity index (χ2v) is 6.57. The van der Waals surface area contributed by atoms with Crippen LogP contribution in [-0.4, -0.2) is 17.6 Å². The molecule has 0 aliphatic carbocycles. The molecule has 0 unspecified atom stereocenters. The number of aryl methyl sites for hydroxylation is 1. The number of benzene rings is 2. The molecule has 2 aromatic carbocycles. The summed E-state index contributed by atoms with van der Waals surface area (Å²) >= 11 is 12.4. The van der Waals surface area contributed by atoms with Crippen LogP contribution in [-0.2, 0) is 4.74 Å². The number of esters is 1. The Hall–Kier alpha value is -2.36. The van der Waals surface area contributed by atoms with E-state index >= 15 is 0 Å². The van der Waals surface area contributed by atoms with Gasteiger partial charge in [0.05, 0.1) is 23.6 Å². The highest BCUT2D eigenvalue weighted by Gasteiger charge is 2.19. The Bertz CT molecular complexity index is 953. The number of rotatable bonds is 4. The molecule has 132 valence electrons. The first-order valence-electron chi connectivity index (χ1n) is 8.21. The van der Waals surface area contributed by atoms with Gasteiger partial charge in [-0.25, -0.2) is 4.79 Å². The highest BCUT2D eigenvalue weighted by molar-refractivity contribution is 6.33. The summed E-state index contributed by atoms with van der Waals surface area (Å²) in [4.78, 5) is 17.0. The number of ether oxygens (including phenoxy) is 1. The second kappa shape index (κ2) is 7.90. The molecule has 1 aromatic heterocycles. The van der Waals surface area contributed by atoms with E-state index in [9.17, 15) is 4.79 Å². The zero-order valence-corrected chi connectivity index (χ0v) is 15.9. The first-order valence-corrected chi connectivity index (χ1v) is 8.96. The molecule has 0 aliphatic heterocycles.